The molecule has 1 aliphatic heterocycles. The van der Waals surface area contributed by atoms with Crippen molar-refractivity contribution in [3.05, 3.63) is 59.9 Å². The number of hydrogen-bond acceptors (Lipinski definition) is 5. The van der Waals surface area contributed by atoms with Gasteiger partial charge in [-0.1, -0.05) is 30.3 Å². The summed E-state index contributed by atoms with van der Waals surface area (Å²) in [6.07, 6.45) is 5.64. The number of hydrogen-bond donors (Lipinski definition) is 1. The van der Waals surface area contributed by atoms with Crippen molar-refractivity contribution in [3.63, 3.8) is 0 Å². The van der Waals surface area contributed by atoms with Crippen LogP contribution in [-0.2, 0) is 17.2 Å². The topological polar surface area (TPSA) is 64.9 Å². The smallest absolute Gasteiger partial charge is 0.223 e. The molecule has 0 spiro atoms. The van der Waals surface area contributed by atoms with Gasteiger partial charge in [-0.15, -0.1) is 0 Å². The minimum atomic E-state index is 0.0421. The summed E-state index contributed by atoms with van der Waals surface area (Å²) in [7, 11) is 1.93. The highest BCUT2D eigenvalue weighted by Crippen LogP contribution is 2.35. The van der Waals surface area contributed by atoms with Crippen molar-refractivity contribution in [1.29, 1.82) is 0 Å². The molecule has 1 saturated heterocycles. The predicted molar refractivity (Wildman–Crippen MR) is 106 cm³/mol. The standard InChI is InChI=1S/C21H25N5O/c1-16-14-22-20(25-19(16)18-8-11-24-26(18)2)23-15-21(9-12-27-13-10-21)17-6-4-3-5-7-17/h3-8,11,14H,9-10,12-13,15H2,1-2H3,(H,22,23,25). The molecule has 3 aromatic rings. The Morgan fingerprint density at radius 2 is 1.93 bits per heavy atom. The molecule has 1 fully saturated rings. The van der Waals surface area contributed by atoms with Gasteiger partial charge in [0.25, 0.3) is 0 Å². The summed E-state index contributed by atoms with van der Waals surface area (Å²) in [6, 6.07) is 12.7. The van der Waals surface area contributed by atoms with E-state index in [-0.39, 0.29) is 5.41 Å². The third kappa shape index (κ3) is 3.57. The lowest BCUT2D eigenvalue weighted by molar-refractivity contribution is 0.0543. The van der Waals surface area contributed by atoms with Gasteiger partial charge in [0, 0.05) is 44.6 Å². The monoisotopic (exact) mass is 363 g/mol. The predicted octanol–water partition coefficient (Wildman–Crippen LogP) is 3.35. The first kappa shape index (κ1) is 17.7. The first-order valence-electron chi connectivity index (χ1n) is 9.37. The molecule has 27 heavy (non-hydrogen) atoms. The second kappa shape index (κ2) is 7.48. The Labute approximate surface area is 159 Å². The molecule has 1 aromatic carbocycles. The van der Waals surface area contributed by atoms with Crippen LogP contribution in [0.2, 0.25) is 0 Å². The van der Waals surface area contributed by atoms with Crippen molar-refractivity contribution in [2.45, 2.75) is 25.2 Å². The number of aryl methyl sites for hydroxylation is 2. The third-order valence-corrected chi connectivity index (χ3v) is 5.46. The van der Waals surface area contributed by atoms with E-state index < -0.39 is 0 Å². The molecule has 2 aromatic heterocycles. The minimum Gasteiger partial charge on any atom is -0.381 e. The number of nitrogens with zero attached hydrogens (tertiary/aromatic N) is 4. The maximum Gasteiger partial charge on any atom is 0.223 e. The Morgan fingerprint density at radius 1 is 1.15 bits per heavy atom. The normalized spacial score (nSPS) is 16.2. The van der Waals surface area contributed by atoms with Gasteiger partial charge in [0.05, 0.1) is 11.4 Å². The summed E-state index contributed by atoms with van der Waals surface area (Å²) in [6.45, 7) is 4.38. The molecule has 0 bridgehead atoms. The zero-order valence-electron chi connectivity index (χ0n) is 15.9. The highest BCUT2D eigenvalue weighted by molar-refractivity contribution is 5.59. The molecule has 0 atom stereocenters. The fourth-order valence-electron chi connectivity index (χ4n) is 3.76. The minimum absolute atomic E-state index is 0.0421. The number of nitrogens with one attached hydrogen (secondary N) is 1. The summed E-state index contributed by atoms with van der Waals surface area (Å²) in [4.78, 5) is 9.27. The molecule has 4 rings (SSSR count). The molecule has 0 saturated carbocycles. The molecular formula is C21H25N5O. The number of ether oxygens (including phenoxy) is 1. The summed E-state index contributed by atoms with van der Waals surface area (Å²) < 4.78 is 7.46. The van der Waals surface area contributed by atoms with Crippen molar-refractivity contribution in [2.75, 3.05) is 25.1 Å². The lowest BCUT2D eigenvalue weighted by Crippen LogP contribution is -2.40. The zero-order chi connectivity index (χ0) is 18.7. The molecule has 140 valence electrons. The van der Waals surface area contributed by atoms with Crippen LogP contribution in [0, 0.1) is 6.92 Å². The van der Waals surface area contributed by atoms with Crippen LogP contribution in [0.1, 0.15) is 24.0 Å². The van der Waals surface area contributed by atoms with Gasteiger partial charge in [0.1, 0.15) is 0 Å². The SMILES string of the molecule is Cc1cnc(NCC2(c3ccccc3)CCOCC2)nc1-c1ccnn1C. The second-order valence-corrected chi connectivity index (χ2v) is 7.18. The van der Waals surface area contributed by atoms with Crippen LogP contribution in [0.5, 0.6) is 0 Å². The number of rotatable bonds is 5. The third-order valence-electron chi connectivity index (χ3n) is 5.46. The quantitative estimate of drug-likeness (QED) is 0.753. The lowest BCUT2D eigenvalue weighted by atomic mass is 9.74. The summed E-state index contributed by atoms with van der Waals surface area (Å²) in [5, 5.41) is 7.75. The number of anilines is 1. The van der Waals surface area contributed by atoms with E-state index in [9.17, 15) is 0 Å². The van der Waals surface area contributed by atoms with Crippen molar-refractivity contribution in [2.24, 2.45) is 7.05 Å². The Kier molecular flexibility index (Phi) is 4.90. The molecule has 0 amide bonds. The molecule has 1 aliphatic rings. The van der Waals surface area contributed by atoms with E-state index in [2.05, 4.69) is 45.7 Å². The summed E-state index contributed by atoms with van der Waals surface area (Å²) in [5.74, 6) is 0.651. The van der Waals surface area contributed by atoms with Gasteiger partial charge in [-0.05, 0) is 37.0 Å². The van der Waals surface area contributed by atoms with Crippen molar-refractivity contribution >= 4 is 5.95 Å². The molecule has 6 nitrogen and oxygen atoms in total. The van der Waals surface area contributed by atoms with E-state index in [0.717, 1.165) is 49.6 Å². The average Bonchev–Trinajstić information content (AvgIpc) is 3.14. The maximum absolute atomic E-state index is 5.63. The van der Waals surface area contributed by atoms with E-state index in [4.69, 9.17) is 9.72 Å². The maximum atomic E-state index is 5.63. The van der Waals surface area contributed by atoms with Crippen LogP contribution in [0.4, 0.5) is 5.95 Å². The fraction of sp³-hybridized carbons (Fsp3) is 0.381. The second-order valence-electron chi connectivity index (χ2n) is 7.18. The average molecular weight is 363 g/mol. The number of benzene rings is 1. The van der Waals surface area contributed by atoms with Crippen LogP contribution in [0.15, 0.2) is 48.8 Å². The Morgan fingerprint density at radius 3 is 2.63 bits per heavy atom. The first-order valence-corrected chi connectivity index (χ1v) is 9.37. The van der Waals surface area contributed by atoms with E-state index in [1.165, 1.54) is 5.56 Å². The van der Waals surface area contributed by atoms with Gasteiger partial charge in [-0.3, -0.25) is 4.68 Å². The highest BCUT2D eigenvalue weighted by Gasteiger charge is 2.34. The summed E-state index contributed by atoms with van der Waals surface area (Å²) in [5.41, 5.74) is 4.32. The molecular weight excluding hydrogens is 338 g/mol. The van der Waals surface area contributed by atoms with Gasteiger partial charge >= 0.3 is 0 Å². The van der Waals surface area contributed by atoms with Crippen LogP contribution in [-0.4, -0.2) is 39.5 Å². The fourth-order valence-corrected chi connectivity index (χ4v) is 3.76. The van der Waals surface area contributed by atoms with Crippen molar-refractivity contribution < 1.29 is 4.74 Å². The summed E-state index contributed by atoms with van der Waals surface area (Å²) >= 11 is 0. The van der Waals surface area contributed by atoms with Gasteiger partial charge in [0.2, 0.25) is 5.95 Å². The van der Waals surface area contributed by atoms with Gasteiger partial charge in [0.15, 0.2) is 0 Å². The Hall–Kier alpha value is -2.73. The van der Waals surface area contributed by atoms with E-state index in [1.54, 1.807) is 6.20 Å². The lowest BCUT2D eigenvalue weighted by Gasteiger charge is -2.38. The van der Waals surface area contributed by atoms with Gasteiger partial charge < -0.3 is 10.1 Å². The highest BCUT2D eigenvalue weighted by atomic mass is 16.5. The number of aromatic nitrogens is 4. The molecule has 0 unspecified atom stereocenters. The Balaban J connectivity index is 1.59. The molecule has 6 heteroatoms. The van der Waals surface area contributed by atoms with E-state index >= 15 is 0 Å². The molecule has 0 aliphatic carbocycles. The Bertz CT molecular complexity index is 900. The van der Waals surface area contributed by atoms with Gasteiger partial charge in [-0.2, -0.15) is 5.10 Å². The van der Waals surface area contributed by atoms with Crippen molar-refractivity contribution in [3.8, 4) is 11.4 Å². The van der Waals surface area contributed by atoms with Gasteiger partial charge in [-0.25, -0.2) is 9.97 Å². The van der Waals surface area contributed by atoms with E-state index in [1.807, 2.05) is 30.9 Å². The van der Waals surface area contributed by atoms with Crippen LogP contribution in [0.3, 0.4) is 0 Å². The zero-order valence-corrected chi connectivity index (χ0v) is 15.9. The molecule has 0 radical (unpaired) electrons. The molecule has 3 heterocycles. The van der Waals surface area contributed by atoms with E-state index in [0.29, 0.717) is 5.95 Å². The van der Waals surface area contributed by atoms with Crippen LogP contribution in [0.25, 0.3) is 11.4 Å². The first-order chi connectivity index (χ1) is 13.2. The largest absolute Gasteiger partial charge is 0.381 e. The van der Waals surface area contributed by atoms with Crippen LogP contribution >= 0.6 is 0 Å². The van der Waals surface area contributed by atoms with Crippen molar-refractivity contribution in [1.82, 2.24) is 19.7 Å². The van der Waals surface area contributed by atoms with Crippen LogP contribution < -0.4 is 5.32 Å². The molecule has 1 N–H and O–H groups in total.